The number of nitrogens with zero attached hydrogens (tertiary/aromatic N) is 3. The number of aliphatic hydroxyl groups excluding tert-OH is 2. The van der Waals surface area contributed by atoms with E-state index in [9.17, 15) is 14.2 Å². The number of fused-ring (bicyclic) bond motifs is 1. The van der Waals surface area contributed by atoms with Gasteiger partial charge in [-0.3, -0.25) is 14.3 Å². The molecule has 2 rings (SSSR count). The van der Waals surface area contributed by atoms with E-state index in [0.29, 0.717) is 0 Å². The number of carbonyl (C=O) groups is 1. The number of anilines is 1. The number of aliphatic hydroxyl groups is 2. The lowest BCUT2D eigenvalue weighted by Crippen LogP contribution is -2.23. The maximum absolute atomic E-state index is 11.5. The molecule has 0 atom stereocenters. The minimum Gasteiger partial charge on any atom is -0.472 e. The Hall–Kier alpha value is -2.35. The molecule has 2 aromatic rings. The quantitative estimate of drug-likeness (QED) is 0.266. The van der Waals surface area contributed by atoms with Crippen molar-refractivity contribution in [3.63, 3.8) is 0 Å². The Labute approximate surface area is 138 Å². The first-order valence-corrected chi connectivity index (χ1v) is 8.04. The zero-order valence-electron chi connectivity index (χ0n) is 12.5. The van der Waals surface area contributed by atoms with Crippen LogP contribution in [0, 0.1) is 0 Å². The Bertz CT molecular complexity index is 824. The highest BCUT2D eigenvalue weighted by Crippen LogP contribution is 2.34. The van der Waals surface area contributed by atoms with Crippen molar-refractivity contribution in [1.29, 1.82) is 0 Å². The molecule has 0 aliphatic rings. The number of H-pyrrole nitrogens is 1. The first-order chi connectivity index (χ1) is 11.6. The van der Waals surface area contributed by atoms with Crippen LogP contribution in [0.4, 0.5) is 10.7 Å². The predicted molar refractivity (Wildman–Crippen MR) is 81.7 cm³/mol. The summed E-state index contributed by atoms with van der Waals surface area (Å²) in [5, 5.41) is 25.2. The molecular formula is C10H16N5O9P. The minimum atomic E-state index is -4.82. The van der Waals surface area contributed by atoms with Gasteiger partial charge < -0.3 is 35.6 Å². The zero-order chi connectivity index (χ0) is 19.2. The minimum absolute atomic E-state index is 0.00181. The van der Waals surface area contributed by atoms with Crippen molar-refractivity contribution in [3.05, 3.63) is 16.7 Å². The van der Waals surface area contributed by atoms with Crippen LogP contribution >= 0.6 is 7.60 Å². The van der Waals surface area contributed by atoms with Crippen molar-refractivity contribution in [2.75, 3.05) is 18.9 Å². The van der Waals surface area contributed by atoms with Gasteiger partial charge in [0.05, 0.1) is 19.5 Å². The molecule has 8 N–H and O–H groups in total. The number of nitrogens with two attached hydrogens (primary N) is 1. The normalized spacial score (nSPS) is 11.4. The van der Waals surface area contributed by atoms with Gasteiger partial charge in [-0.25, -0.2) is 14.3 Å². The molecule has 2 heterocycles. The number of aromatic nitrogens is 4. The molecule has 15 heteroatoms. The van der Waals surface area contributed by atoms with Gasteiger partial charge in [-0.2, -0.15) is 4.98 Å². The van der Waals surface area contributed by atoms with Crippen molar-refractivity contribution in [1.82, 2.24) is 19.5 Å². The number of imidazole rings is 1. The van der Waals surface area contributed by atoms with Crippen LogP contribution in [0.15, 0.2) is 11.1 Å². The topological polar surface area (TPSA) is 234 Å². The van der Waals surface area contributed by atoms with Gasteiger partial charge in [0.2, 0.25) is 5.95 Å². The molecule has 0 amide bonds. The third-order valence-electron chi connectivity index (χ3n) is 2.60. The van der Waals surface area contributed by atoms with Gasteiger partial charge in [0.1, 0.15) is 12.8 Å². The molecule has 0 radical (unpaired) electrons. The number of hydrogen-bond acceptors (Lipinski definition) is 9. The number of carboxylic acid groups (broad SMARTS) is 1. The van der Waals surface area contributed by atoms with Crippen LogP contribution < -0.4 is 11.3 Å². The fraction of sp³-hybridized carbons (Fsp3) is 0.400. The molecule has 0 saturated carbocycles. The summed E-state index contributed by atoms with van der Waals surface area (Å²) in [5.74, 6) is -0.0184. The lowest BCUT2D eigenvalue weighted by Gasteiger charge is -2.12. The molecule has 0 unspecified atom stereocenters. The summed E-state index contributed by atoms with van der Waals surface area (Å²) in [6, 6.07) is 0. The number of nitrogens with one attached hydrogen (secondary N) is 1. The second-order valence-electron chi connectivity index (χ2n) is 4.45. The molecule has 0 spiro atoms. The lowest BCUT2D eigenvalue weighted by molar-refractivity contribution is -0.0488. The van der Waals surface area contributed by atoms with E-state index in [1.165, 1.54) is 10.9 Å². The summed E-state index contributed by atoms with van der Waals surface area (Å²) in [6.45, 7) is -0.614. The fourth-order valence-electron chi connectivity index (χ4n) is 1.41. The van der Waals surface area contributed by atoms with E-state index in [2.05, 4.69) is 15.0 Å². The summed E-state index contributed by atoms with van der Waals surface area (Å²) in [6.07, 6.45) is 0.680. The largest absolute Gasteiger partial charge is 0.472 e. The SMILES string of the molecule is Nc1nc2c(ncn2COC(CO)CO)c(=O)[nH]1.O=C(O)P(=O)(O)O. The highest BCUT2D eigenvalue weighted by atomic mass is 31.2. The fourth-order valence-corrected chi connectivity index (χ4v) is 1.41. The van der Waals surface area contributed by atoms with E-state index >= 15 is 0 Å². The standard InChI is InChI=1S/C9H13N5O4.CH3O5P/c10-9-12-7-6(8(17)13-9)11-3-14(7)4-18-5(1-15)2-16;2-1(3)7(4,5)6/h3,5,15-16H,1-2,4H2,(H3,10,12,13,17);(H,2,3)(H2,4,5,6). The molecule has 2 aromatic heterocycles. The first-order valence-electron chi connectivity index (χ1n) is 6.43. The van der Waals surface area contributed by atoms with Crippen molar-refractivity contribution in [2.24, 2.45) is 0 Å². The van der Waals surface area contributed by atoms with Crippen molar-refractivity contribution < 1.29 is 39.2 Å². The molecule has 0 aliphatic heterocycles. The number of rotatable bonds is 6. The Morgan fingerprint density at radius 1 is 1.40 bits per heavy atom. The molecule has 0 fully saturated rings. The molecule has 25 heavy (non-hydrogen) atoms. The van der Waals surface area contributed by atoms with Gasteiger partial charge in [-0.15, -0.1) is 0 Å². The van der Waals surface area contributed by atoms with Gasteiger partial charge in [-0.1, -0.05) is 0 Å². The third-order valence-corrected chi connectivity index (χ3v) is 3.10. The highest BCUT2D eigenvalue weighted by molar-refractivity contribution is 7.69. The van der Waals surface area contributed by atoms with E-state index in [1.54, 1.807) is 0 Å². The monoisotopic (exact) mass is 381 g/mol. The number of ether oxygens (including phenoxy) is 1. The van der Waals surface area contributed by atoms with E-state index in [0.717, 1.165) is 0 Å². The molecule has 0 aliphatic carbocycles. The maximum Gasteiger partial charge on any atom is 0.433 e. The van der Waals surface area contributed by atoms with Gasteiger partial charge in [0.25, 0.3) is 5.56 Å². The van der Waals surface area contributed by atoms with Crippen LogP contribution in [-0.2, 0) is 16.0 Å². The molecule has 14 nitrogen and oxygen atoms in total. The smallest absolute Gasteiger partial charge is 0.433 e. The molecule has 140 valence electrons. The average Bonchev–Trinajstić information content (AvgIpc) is 2.91. The molecule has 0 bridgehead atoms. The van der Waals surface area contributed by atoms with E-state index < -0.39 is 25.0 Å². The first kappa shape index (κ1) is 20.7. The molecule has 0 aromatic carbocycles. The molecule has 0 saturated heterocycles. The second-order valence-corrected chi connectivity index (χ2v) is 5.92. The maximum atomic E-state index is 11.5. The van der Waals surface area contributed by atoms with Crippen LogP contribution in [0.5, 0.6) is 0 Å². The second kappa shape index (κ2) is 8.66. The Balaban J connectivity index is 0.000000381. The van der Waals surface area contributed by atoms with E-state index in [1.807, 2.05) is 0 Å². The van der Waals surface area contributed by atoms with E-state index in [-0.39, 0.29) is 37.1 Å². The van der Waals surface area contributed by atoms with Gasteiger partial charge in [0, 0.05) is 0 Å². The van der Waals surface area contributed by atoms with Crippen LogP contribution in [0.25, 0.3) is 11.2 Å². The van der Waals surface area contributed by atoms with Crippen LogP contribution in [0.3, 0.4) is 0 Å². The van der Waals surface area contributed by atoms with Gasteiger partial charge in [-0.05, 0) is 0 Å². The summed E-state index contributed by atoms with van der Waals surface area (Å²) >= 11 is 0. The van der Waals surface area contributed by atoms with Gasteiger partial charge in [0.15, 0.2) is 11.2 Å². The summed E-state index contributed by atoms with van der Waals surface area (Å²) in [4.78, 5) is 46.1. The van der Waals surface area contributed by atoms with Gasteiger partial charge >= 0.3 is 13.3 Å². The van der Waals surface area contributed by atoms with Crippen molar-refractivity contribution >= 4 is 30.4 Å². The van der Waals surface area contributed by atoms with Crippen molar-refractivity contribution in [2.45, 2.75) is 12.8 Å². The zero-order valence-corrected chi connectivity index (χ0v) is 13.4. The highest BCUT2D eigenvalue weighted by Gasteiger charge is 2.23. The summed E-state index contributed by atoms with van der Waals surface area (Å²) in [5.41, 5.74) is 3.34. The summed E-state index contributed by atoms with van der Waals surface area (Å²) < 4.78 is 16.1. The molecular weight excluding hydrogens is 365 g/mol. The lowest BCUT2D eigenvalue weighted by atomic mass is 10.4. The van der Waals surface area contributed by atoms with E-state index in [4.69, 9.17) is 35.6 Å². The summed E-state index contributed by atoms with van der Waals surface area (Å²) in [7, 11) is -4.82. The number of aromatic amines is 1. The van der Waals surface area contributed by atoms with Crippen molar-refractivity contribution in [3.8, 4) is 0 Å². The number of nitrogen functional groups attached to an aromatic ring is 1. The van der Waals surface area contributed by atoms with Crippen LogP contribution in [0.2, 0.25) is 0 Å². The number of hydrogen-bond donors (Lipinski definition) is 7. The van der Waals surface area contributed by atoms with Crippen LogP contribution in [0.1, 0.15) is 0 Å². The average molecular weight is 381 g/mol. The Morgan fingerprint density at radius 3 is 2.44 bits per heavy atom. The third kappa shape index (κ3) is 5.90. The predicted octanol–water partition coefficient (Wildman–Crippen LogP) is -2.13. The Morgan fingerprint density at radius 2 is 1.96 bits per heavy atom. The Kier molecular flexibility index (Phi) is 7.17. The van der Waals surface area contributed by atoms with Crippen LogP contribution in [-0.4, -0.2) is 69.7 Å².